The van der Waals surface area contributed by atoms with Crippen molar-refractivity contribution < 1.29 is 9.53 Å². The molecule has 0 spiro atoms. The van der Waals surface area contributed by atoms with Crippen molar-refractivity contribution >= 4 is 6.09 Å². The third-order valence-corrected chi connectivity index (χ3v) is 3.88. The molecule has 1 aliphatic carbocycles. The molecule has 0 aromatic rings. The van der Waals surface area contributed by atoms with Crippen LogP contribution >= 0.6 is 0 Å². The molecule has 2 fully saturated rings. The van der Waals surface area contributed by atoms with Crippen LogP contribution < -0.4 is 0 Å². The van der Waals surface area contributed by atoms with Gasteiger partial charge in [-0.15, -0.1) is 0 Å². The Hall–Kier alpha value is -1.24. The molecule has 4 heteroatoms. The summed E-state index contributed by atoms with van der Waals surface area (Å²) in [7, 11) is 0. The van der Waals surface area contributed by atoms with Gasteiger partial charge in [-0.1, -0.05) is 0 Å². The number of ether oxygens (including phenoxy) is 1. The van der Waals surface area contributed by atoms with Crippen LogP contribution in [-0.2, 0) is 4.74 Å². The average molecular weight is 250 g/mol. The normalized spacial score (nSPS) is 31.0. The van der Waals surface area contributed by atoms with Crippen LogP contribution in [-0.4, -0.2) is 29.7 Å². The van der Waals surface area contributed by atoms with Crippen molar-refractivity contribution in [3.8, 4) is 6.07 Å². The fourth-order valence-electron chi connectivity index (χ4n) is 3.20. The molecule has 0 bridgehead atoms. The maximum absolute atomic E-state index is 12.0. The summed E-state index contributed by atoms with van der Waals surface area (Å²) in [5, 5.41) is 8.72. The van der Waals surface area contributed by atoms with Crippen LogP contribution in [0.15, 0.2) is 0 Å². The Morgan fingerprint density at radius 2 is 1.89 bits per heavy atom. The van der Waals surface area contributed by atoms with Gasteiger partial charge in [-0.3, -0.25) is 0 Å². The Morgan fingerprint density at radius 1 is 1.33 bits per heavy atom. The summed E-state index contributed by atoms with van der Waals surface area (Å²) in [6.07, 6.45) is 2.67. The zero-order chi connectivity index (χ0) is 13.3. The third-order valence-electron chi connectivity index (χ3n) is 3.88. The lowest BCUT2D eigenvalue weighted by Gasteiger charge is -2.25. The van der Waals surface area contributed by atoms with E-state index >= 15 is 0 Å². The van der Waals surface area contributed by atoms with Crippen LogP contribution in [0.2, 0.25) is 0 Å². The van der Waals surface area contributed by atoms with Crippen molar-refractivity contribution in [3.05, 3.63) is 0 Å². The van der Waals surface area contributed by atoms with E-state index in [4.69, 9.17) is 10.00 Å². The Balaban J connectivity index is 1.85. The van der Waals surface area contributed by atoms with Crippen molar-refractivity contribution in [2.24, 2.45) is 17.8 Å². The summed E-state index contributed by atoms with van der Waals surface area (Å²) in [5.74, 6) is 1.71. The Kier molecular flexibility index (Phi) is 3.52. The van der Waals surface area contributed by atoms with E-state index in [1.165, 1.54) is 0 Å². The smallest absolute Gasteiger partial charge is 0.410 e. The standard InChI is InChI=1S/C14H22N2O2/c1-14(2,3)18-13(17)16-8-11-6-10(4-5-15)7-12(11)9-16/h10-12H,4,6-9H2,1-3H3/t10?,11-,12+. The largest absolute Gasteiger partial charge is 0.444 e. The van der Waals surface area contributed by atoms with E-state index in [-0.39, 0.29) is 6.09 Å². The Bertz CT molecular complexity index is 353. The second-order valence-corrected chi connectivity index (χ2v) is 6.61. The first-order valence-electron chi connectivity index (χ1n) is 6.74. The highest BCUT2D eigenvalue weighted by Gasteiger charge is 2.43. The number of hydrogen-bond donors (Lipinski definition) is 0. The van der Waals surface area contributed by atoms with Crippen LogP contribution in [0.25, 0.3) is 0 Å². The summed E-state index contributed by atoms with van der Waals surface area (Å²) in [6, 6.07) is 2.26. The van der Waals surface area contributed by atoms with E-state index < -0.39 is 5.60 Å². The highest BCUT2D eigenvalue weighted by atomic mass is 16.6. The van der Waals surface area contributed by atoms with Crippen LogP contribution in [0.5, 0.6) is 0 Å². The first-order valence-corrected chi connectivity index (χ1v) is 6.74. The van der Waals surface area contributed by atoms with E-state index in [1.807, 2.05) is 25.7 Å². The molecule has 0 N–H and O–H groups in total. The van der Waals surface area contributed by atoms with Gasteiger partial charge in [-0.2, -0.15) is 5.26 Å². The predicted octanol–water partition coefficient (Wildman–Crippen LogP) is 2.79. The van der Waals surface area contributed by atoms with Gasteiger partial charge in [0.15, 0.2) is 0 Å². The Morgan fingerprint density at radius 3 is 2.33 bits per heavy atom. The molecule has 1 aliphatic heterocycles. The van der Waals surface area contributed by atoms with Gasteiger partial charge in [0.2, 0.25) is 0 Å². The summed E-state index contributed by atoms with van der Waals surface area (Å²) >= 11 is 0. The summed E-state index contributed by atoms with van der Waals surface area (Å²) in [6.45, 7) is 7.29. The van der Waals surface area contributed by atoms with E-state index in [1.54, 1.807) is 0 Å². The zero-order valence-electron chi connectivity index (χ0n) is 11.5. The van der Waals surface area contributed by atoms with Crippen molar-refractivity contribution in [1.82, 2.24) is 4.90 Å². The van der Waals surface area contributed by atoms with E-state index in [0.29, 0.717) is 24.2 Å². The molecule has 3 atom stereocenters. The molecule has 1 saturated carbocycles. The van der Waals surface area contributed by atoms with Crippen molar-refractivity contribution in [2.75, 3.05) is 13.1 Å². The van der Waals surface area contributed by atoms with Crippen molar-refractivity contribution in [2.45, 2.75) is 45.6 Å². The second-order valence-electron chi connectivity index (χ2n) is 6.61. The highest BCUT2D eigenvalue weighted by molar-refractivity contribution is 5.68. The number of nitriles is 1. The molecule has 0 radical (unpaired) electrons. The quantitative estimate of drug-likeness (QED) is 0.719. The van der Waals surface area contributed by atoms with Crippen LogP contribution in [0.1, 0.15) is 40.0 Å². The number of fused-ring (bicyclic) bond motifs is 1. The number of carbonyl (C=O) groups is 1. The Labute approximate surface area is 109 Å². The number of nitrogens with zero attached hydrogens (tertiary/aromatic N) is 2. The van der Waals surface area contributed by atoms with E-state index in [9.17, 15) is 4.79 Å². The van der Waals surface area contributed by atoms with Crippen molar-refractivity contribution in [3.63, 3.8) is 0 Å². The number of carbonyl (C=O) groups excluding carboxylic acids is 1. The molecular weight excluding hydrogens is 228 g/mol. The minimum absolute atomic E-state index is 0.186. The van der Waals surface area contributed by atoms with E-state index in [2.05, 4.69) is 6.07 Å². The second kappa shape index (κ2) is 4.79. The summed E-state index contributed by atoms with van der Waals surface area (Å²) in [5.41, 5.74) is -0.419. The van der Waals surface area contributed by atoms with Gasteiger partial charge in [-0.05, 0) is 51.4 Å². The minimum atomic E-state index is -0.419. The summed E-state index contributed by atoms with van der Waals surface area (Å²) in [4.78, 5) is 13.8. The molecule has 1 heterocycles. The van der Waals surface area contributed by atoms with Gasteiger partial charge in [0.1, 0.15) is 5.60 Å². The highest BCUT2D eigenvalue weighted by Crippen LogP contribution is 2.42. The molecular formula is C14H22N2O2. The zero-order valence-corrected chi connectivity index (χ0v) is 11.5. The van der Waals surface area contributed by atoms with Gasteiger partial charge >= 0.3 is 6.09 Å². The van der Waals surface area contributed by atoms with Gasteiger partial charge in [0.05, 0.1) is 6.07 Å². The lowest BCUT2D eigenvalue weighted by Crippen LogP contribution is -2.36. The number of rotatable bonds is 1. The average Bonchev–Trinajstić information content (AvgIpc) is 2.72. The SMILES string of the molecule is CC(C)(C)OC(=O)N1C[C@H]2CC(CC#N)C[C@H]2C1. The maximum atomic E-state index is 12.0. The lowest BCUT2D eigenvalue weighted by molar-refractivity contribution is 0.0278. The lowest BCUT2D eigenvalue weighted by atomic mass is 10.0. The first kappa shape index (κ1) is 13.2. The van der Waals surface area contributed by atoms with E-state index in [0.717, 1.165) is 25.9 Å². The topological polar surface area (TPSA) is 53.3 Å². The maximum Gasteiger partial charge on any atom is 0.410 e. The molecule has 1 unspecified atom stereocenters. The first-order chi connectivity index (χ1) is 8.39. The molecule has 0 aromatic heterocycles. The van der Waals surface area contributed by atoms with Gasteiger partial charge in [0.25, 0.3) is 0 Å². The van der Waals surface area contributed by atoms with Crippen LogP contribution in [0.4, 0.5) is 4.79 Å². The number of amides is 1. The molecule has 1 amide bonds. The minimum Gasteiger partial charge on any atom is -0.444 e. The molecule has 100 valence electrons. The summed E-state index contributed by atoms with van der Waals surface area (Å²) < 4.78 is 5.40. The molecule has 2 aliphatic rings. The van der Waals surface area contributed by atoms with Gasteiger partial charge in [-0.25, -0.2) is 4.79 Å². The van der Waals surface area contributed by atoms with Gasteiger partial charge in [0, 0.05) is 19.5 Å². The molecule has 18 heavy (non-hydrogen) atoms. The molecule has 1 saturated heterocycles. The monoisotopic (exact) mass is 250 g/mol. The van der Waals surface area contributed by atoms with Gasteiger partial charge < -0.3 is 9.64 Å². The fourth-order valence-corrected chi connectivity index (χ4v) is 3.20. The predicted molar refractivity (Wildman–Crippen MR) is 67.7 cm³/mol. The molecule has 2 rings (SSSR count). The molecule has 0 aromatic carbocycles. The van der Waals surface area contributed by atoms with Crippen molar-refractivity contribution in [1.29, 1.82) is 5.26 Å². The molecule has 4 nitrogen and oxygen atoms in total. The van der Waals surface area contributed by atoms with Crippen LogP contribution in [0.3, 0.4) is 0 Å². The number of hydrogen-bond acceptors (Lipinski definition) is 3. The fraction of sp³-hybridized carbons (Fsp3) is 0.857. The number of likely N-dealkylation sites (tertiary alicyclic amines) is 1. The third kappa shape index (κ3) is 2.95. The van der Waals surface area contributed by atoms with Crippen LogP contribution in [0, 0.1) is 29.1 Å².